The van der Waals surface area contributed by atoms with E-state index in [1.807, 2.05) is 24.4 Å². The molecule has 5 rings (SSSR count). The number of rotatable bonds is 3. The van der Waals surface area contributed by atoms with Crippen molar-refractivity contribution in [3.05, 3.63) is 35.6 Å². The molecular formula is C19H20ClN7S. The Bertz CT molecular complexity index is 1030. The largest absolute Gasteiger partial charge is 0.382 e. The lowest BCUT2D eigenvalue weighted by Gasteiger charge is -2.38. The van der Waals surface area contributed by atoms with Gasteiger partial charge in [-0.1, -0.05) is 23.4 Å². The zero-order chi connectivity index (χ0) is 19.3. The second-order valence-corrected chi connectivity index (χ2v) is 8.79. The van der Waals surface area contributed by atoms with Gasteiger partial charge in [0.1, 0.15) is 22.2 Å². The Balaban J connectivity index is 1.43. The first-order chi connectivity index (χ1) is 13.6. The normalized spacial score (nSPS) is 24.1. The van der Waals surface area contributed by atoms with E-state index in [-0.39, 0.29) is 0 Å². The smallest absolute Gasteiger partial charge is 0.179 e. The van der Waals surface area contributed by atoms with Gasteiger partial charge in [0.15, 0.2) is 5.65 Å². The second kappa shape index (κ2) is 7.02. The van der Waals surface area contributed by atoms with E-state index in [1.54, 1.807) is 6.20 Å². The molecule has 0 radical (unpaired) electrons. The van der Waals surface area contributed by atoms with Crippen molar-refractivity contribution in [3.8, 4) is 0 Å². The van der Waals surface area contributed by atoms with Crippen LogP contribution in [0.4, 0.5) is 11.6 Å². The Hall–Kier alpha value is -2.16. The average Bonchev–Trinajstić information content (AvgIpc) is 2.96. The SMILES string of the molecule is Nc1nccc(Sc2ccc3nc(N4C5CCC4CC(N)C5)cnc3n2)c1Cl. The van der Waals surface area contributed by atoms with Gasteiger partial charge in [-0.15, -0.1) is 0 Å². The maximum absolute atomic E-state index is 6.23. The van der Waals surface area contributed by atoms with Crippen molar-refractivity contribution in [3.63, 3.8) is 0 Å². The van der Waals surface area contributed by atoms with E-state index in [1.165, 1.54) is 24.6 Å². The summed E-state index contributed by atoms with van der Waals surface area (Å²) in [6, 6.07) is 6.96. The molecule has 2 atom stereocenters. The summed E-state index contributed by atoms with van der Waals surface area (Å²) < 4.78 is 0. The molecule has 3 aromatic rings. The van der Waals surface area contributed by atoms with E-state index in [4.69, 9.17) is 28.1 Å². The summed E-state index contributed by atoms with van der Waals surface area (Å²) in [5, 5.41) is 1.22. The highest BCUT2D eigenvalue weighted by atomic mass is 35.5. The Morgan fingerprint density at radius 3 is 2.64 bits per heavy atom. The van der Waals surface area contributed by atoms with Crippen LogP contribution in [0.1, 0.15) is 25.7 Å². The molecule has 28 heavy (non-hydrogen) atoms. The lowest BCUT2D eigenvalue weighted by atomic mass is 9.98. The minimum atomic E-state index is 0.303. The first-order valence-corrected chi connectivity index (χ1v) is 10.5. The topological polar surface area (TPSA) is 107 Å². The summed E-state index contributed by atoms with van der Waals surface area (Å²) in [6.07, 6.45) is 7.89. The minimum absolute atomic E-state index is 0.303. The molecule has 9 heteroatoms. The van der Waals surface area contributed by atoms with Crippen LogP contribution in [-0.4, -0.2) is 38.1 Å². The highest BCUT2D eigenvalue weighted by Crippen LogP contribution is 2.38. The van der Waals surface area contributed by atoms with Crippen LogP contribution in [0, 0.1) is 0 Å². The number of hydrogen-bond acceptors (Lipinski definition) is 8. The Kier molecular flexibility index (Phi) is 4.49. The molecule has 3 aromatic heterocycles. The molecule has 2 aliphatic heterocycles. The van der Waals surface area contributed by atoms with Crippen LogP contribution in [0.25, 0.3) is 11.2 Å². The van der Waals surface area contributed by atoms with Crippen LogP contribution in [0.5, 0.6) is 0 Å². The third kappa shape index (κ3) is 3.15. The Morgan fingerprint density at radius 1 is 1.07 bits per heavy atom. The summed E-state index contributed by atoms with van der Waals surface area (Å²) in [6.45, 7) is 0. The monoisotopic (exact) mass is 413 g/mol. The van der Waals surface area contributed by atoms with Crippen molar-refractivity contribution in [1.29, 1.82) is 0 Å². The van der Waals surface area contributed by atoms with Crippen LogP contribution in [-0.2, 0) is 0 Å². The van der Waals surface area contributed by atoms with Gasteiger partial charge >= 0.3 is 0 Å². The number of piperidine rings is 1. The Morgan fingerprint density at radius 2 is 1.86 bits per heavy atom. The molecule has 0 spiro atoms. The molecule has 2 saturated heterocycles. The molecule has 0 aliphatic carbocycles. The fraction of sp³-hybridized carbons (Fsp3) is 0.368. The molecule has 0 amide bonds. The summed E-state index contributed by atoms with van der Waals surface area (Å²) in [7, 11) is 0. The molecule has 7 nitrogen and oxygen atoms in total. The number of halogens is 1. The molecule has 4 N–H and O–H groups in total. The molecule has 2 unspecified atom stereocenters. The molecule has 2 bridgehead atoms. The maximum atomic E-state index is 6.23. The quantitative estimate of drug-likeness (QED) is 0.673. The third-order valence-electron chi connectivity index (χ3n) is 5.50. The van der Waals surface area contributed by atoms with Crippen LogP contribution in [0.2, 0.25) is 5.02 Å². The van der Waals surface area contributed by atoms with E-state index < -0.39 is 0 Å². The number of nitrogen functional groups attached to an aromatic ring is 1. The molecule has 0 saturated carbocycles. The summed E-state index contributed by atoms with van der Waals surface area (Å²) in [5.74, 6) is 1.24. The zero-order valence-electron chi connectivity index (χ0n) is 15.1. The first-order valence-electron chi connectivity index (χ1n) is 9.34. The van der Waals surface area contributed by atoms with E-state index in [2.05, 4.69) is 19.9 Å². The molecular weight excluding hydrogens is 394 g/mol. The zero-order valence-corrected chi connectivity index (χ0v) is 16.7. The molecule has 5 heterocycles. The van der Waals surface area contributed by atoms with Crippen LogP contribution in [0.15, 0.2) is 40.5 Å². The lowest BCUT2D eigenvalue weighted by Crippen LogP contribution is -2.47. The minimum Gasteiger partial charge on any atom is -0.382 e. The van der Waals surface area contributed by atoms with Gasteiger partial charge in [-0.25, -0.2) is 19.9 Å². The predicted octanol–water partition coefficient (Wildman–Crippen LogP) is 3.27. The Labute approximate surface area is 171 Å². The summed E-state index contributed by atoms with van der Waals surface area (Å²) in [4.78, 5) is 21.3. The lowest BCUT2D eigenvalue weighted by molar-refractivity contribution is 0.412. The van der Waals surface area contributed by atoms with Gasteiger partial charge in [0, 0.05) is 29.2 Å². The molecule has 2 aliphatic rings. The summed E-state index contributed by atoms with van der Waals surface area (Å²) >= 11 is 7.66. The number of anilines is 2. The maximum Gasteiger partial charge on any atom is 0.179 e. The van der Waals surface area contributed by atoms with Crippen molar-refractivity contribution in [2.75, 3.05) is 10.6 Å². The van der Waals surface area contributed by atoms with Crippen molar-refractivity contribution in [2.24, 2.45) is 5.73 Å². The van der Waals surface area contributed by atoms with Crippen molar-refractivity contribution in [2.45, 2.75) is 53.7 Å². The van der Waals surface area contributed by atoms with Crippen LogP contribution >= 0.6 is 23.4 Å². The van der Waals surface area contributed by atoms with Crippen molar-refractivity contribution < 1.29 is 0 Å². The number of aromatic nitrogens is 4. The van der Waals surface area contributed by atoms with E-state index >= 15 is 0 Å². The van der Waals surface area contributed by atoms with Crippen LogP contribution in [0.3, 0.4) is 0 Å². The standard InChI is InChI=1S/C19H20ClN7S/c20-17-14(5-6-23-18(17)22)28-16-4-3-13-19(26-16)24-9-15(25-13)27-11-1-2-12(27)8-10(21)7-11/h3-6,9-12H,1-2,7-8,21H2,(H2,22,23). The van der Waals surface area contributed by atoms with Gasteiger partial charge in [0.2, 0.25) is 0 Å². The second-order valence-electron chi connectivity index (χ2n) is 7.35. The van der Waals surface area contributed by atoms with Gasteiger partial charge in [0.25, 0.3) is 0 Å². The van der Waals surface area contributed by atoms with Gasteiger partial charge in [0.05, 0.1) is 11.2 Å². The molecule has 0 aromatic carbocycles. The fourth-order valence-electron chi connectivity index (χ4n) is 4.28. The van der Waals surface area contributed by atoms with Crippen LogP contribution < -0.4 is 16.4 Å². The number of hydrogen-bond donors (Lipinski definition) is 2. The van der Waals surface area contributed by atoms with E-state index in [0.717, 1.165) is 34.1 Å². The third-order valence-corrected chi connectivity index (χ3v) is 7.00. The summed E-state index contributed by atoms with van der Waals surface area (Å²) in [5.41, 5.74) is 13.4. The number of fused-ring (bicyclic) bond motifs is 3. The predicted molar refractivity (Wildman–Crippen MR) is 112 cm³/mol. The van der Waals surface area contributed by atoms with Gasteiger partial charge in [-0.05, 0) is 43.9 Å². The molecule has 2 fully saturated rings. The van der Waals surface area contributed by atoms with Gasteiger partial charge < -0.3 is 16.4 Å². The first kappa shape index (κ1) is 17.9. The average molecular weight is 414 g/mol. The number of pyridine rings is 2. The number of nitrogens with zero attached hydrogens (tertiary/aromatic N) is 5. The van der Waals surface area contributed by atoms with Crippen molar-refractivity contribution >= 4 is 46.2 Å². The highest BCUT2D eigenvalue weighted by Gasteiger charge is 2.40. The number of nitrogens with two attached hydrogens (primary N) is 2. The highest BCUT2D eigenvalue weighted by molar-refractivity contribution is 7.99. The van der Waals surface area contributed by atoms with Crippen molar-refractivity contribution in [1.82, 2.24) is 19.9 Å². The molecule has 144 valence electrons. The van der Waals surface area contributed by atoms with Gasteiger partial charge in [-0.2, -0.15) is 0 Å². The van der Waals surface area contributed by atoms with E-state index in [9.17, 15) is 0 Å². The van der Waals surface area contributed by atoms with E-state index in [0.29, 0.717) is 34.6 Å². The van der Waals surface area contributed by atoms with Gasteiger partial charge in [-0.3, -0.25) is 0 Å². The fourth-order valence-corrected chi connectivity index (χ4v) is 5.33.